The number of carbonyl (C=O) groups is 1. The third-order valence-corrected chi connectivity index (χ3v) is 19.3. The fourth-order valence-electron chi connectivity index (χ4n) is 12.5. The molecule has 0 aliphatic heterocycles. The number of nitrogens with zero attached hydrogens (tertiary/aromatic N) is 4. The van der Waals surface area contributed by atoms with Gasteiger partial charge in [-0.3, -0.25) is 9.59 Å². The fraction of sp³-hybridized carbons (Fsp3) is 0.361. The second kappa shape index (κ2) is 19.6. The van der Waals surface area contributed by atoms with Crippen LogP contribution in [0.4, 0.5) is 17.6 Å². The number of alkyl halides is 3. The van der Waals surface area contributed by atoms with Crippen LogP contribution in [0, 0.1) is 5.82 Å². The average Bonchev–Trinajstić information content (AvgIpc) is 3.32. The maximum atomic E-state index is 15.9. The molecule has 5 rings (SSSR count). The second-order valence-corrected chi connectivity index (χ2v) is 26.7. The van der Waals surface area contributed by atoms with E-state index in [1.165, 1.54) is 11.8 Å². The Hall–Kier alpha value is -2.40. The number of fused-ring (bicyclic) bond motifs is 1. The number of amides is 1. The third-order valence-electron chi connectivity index (χ3n) is 18.1. The summed E-state index contributed by atoms with van der Waals surface area (Å²) >= 11 is 1.44. The summed E-state index contributed by atoms with van der Waals surface area (Å²) in [6.45, 7) is 5.58. The predicted molar refractivity (Wildman–Crippen MR) is 365 cm³/mol. The normalized spacial score (nSPS) is 15.4. The number of halogens is 4. The molecule has 0 fully saturated rings. The summed E-state index contributed by atoms with van der Waals surface area (Å²) in [5.41, 5.74) is 12.8. The van der Waals surface area contributed by atoms with Gasteiger partial charge in [0.2, 0.25) is 5.91 Å². The Morgan fingerprint density at radius 2 is 1.03 bits per heavy atom. The lowest BCUT2D eigenvalue weighted by Crippen LogP contribution is -2.62. The van der Waals surface area contributed by atoms with Crippen molar-refractivity contribution in [2.24, 2.45) is 0 Å². The first-order valence-corrected chi connectivity index (χ1v) is 26.2. The molecule has 1 aliphatic rings. The fourth-order valence-corrected chi connectivity index (χ4v) is 13.8. The molecule has 4 aromatic rings. The van der Waals surface area contributed by atoms with Crippen LogP contribution in [0.3, 0.4) is 0 Å². The van der Waals surface area contributed by atoms with Gasteiger partial charge in [0.1, 0.15) is 185 Å². The molecule has 35 heteroatoms. The molecule has 0 spiro atoms. The van der Waals surface area contributed by atoms with E-state index in [1.807, 2.05) is 40.9 Å². The summed E-state index contributed by atoms with van der Waals surface area (Å²) in [5.74, 6) is -0.343. The average molecular weight is 950 g/mol. The molecule has 1 heterocycles. The monoisotopic (exact) mass is 955 g/mol. The first-order chi connectivity index (χ1) is 31.9. The van der Waals surface area contributed by atoms with Gasteiger partial charge in [0.15, 0.2) is 5.16 Å². The Balaban J connectivity index is 1.78. The van der Waals surface area contributed by atoms with Crippen molar-refractivity contribution >= 4 is 272 Å². The van der Waals surface area contributed by atoms with Crippen LogP contribution < -0.4 is 71.1 Å². The SMILES string of the molecule is Bc1c(B)c(C(B)(B)Sc2nc(=O)c3c(n2CC(=O)N(CCN(C(B)(B)C)C(B)(B)C)Cc2c(B)c(B)c(-c4c(B)c(B)c(C(F)(F)F)c(B)c4B)c(B)c2B)C(B)(B)C(B)(B)C3(B)B)c(B)c(B)c1F. The first-order valence-electron chi connectivity index (χ1n) is 25.4. The van der Waals surface area contributed by atoms with Crippen molar-refractivity contribution in [1.82, 2.24) is 19.4 Å². The van der Waals surface area contributed by atoms with Crippen LogP contribution in [-0.2, 0) is 39.0 Å². The highest BCUT2D eigenvalue weighted by Crippen LogP contribution is 2.57. The van der Waals surface area contributed by atoms with Gasteiger partial charge in [-0.1, -0.05) is 112 Å². The molecule has 6 nitrogen and oxygen atoms in total. The minimum atomic E-state index is -4.48. The van der Waals surface area contributed by atoms with Crippen LogP contribution in [0.15, 0.2) is 9.95 Å². The van der Waals surface area contributed by atoms with Gasteiger partial charge < -0.3 is 14.4 Å². The summed E-state index contributed by atoms with van der Waals surface area (Å²) < 4.78 is 60.3. The maximum absolute atomic E-state index is 15.9. The number of hydrogen-bond donors (Lipinski definition) is 0. The zero-order valence-electron chi connectivity index (χ0n) is 48.4. The van der Waals surface area contributed by atoms with Crippen molar-refractivity contribution in [2.45, 2.75) is 69.1 Å². The Morgan fingerprint density at radius 1 is 0.620 bits per heavy atom. The molecule has 1 aromatic heterocycles. The number of aromatic nitrogens is 2. The number of carbonyl (C=O) groups excluding carboxylic acids is 1. The van der Waals surface area contributed by atoms with E-state index >= 15 is 9.18 Å². The lowest BCUT2D eigenvalue weighted by Gasteiger charge is -2.47. The van der Waals surface area contributed by atoms with Gasteiger partial charge in [-0.2, -0.15) is 18.2 Å². The minimum absolute atomic E-state index is 0.0786. The van der Waals surface area contributed by atoms with Crippen molar-refractivity contribution in [2.75, 3.05) is 13.1 Å². The first kappa shape index (κ1) is 59.5. The van der Waals surface area contributed by atoms with Crippen LogP contribution in [-0.4, -0.2) is 237 Å². The number of hydrogen-bond acceptors (Lipinski definition) is 5. The minimum Gasteiger partial charge on any atom is -0.336 e. The van der Waals surface area contributed by atoms with Crippen LogP contribution in [0.2, 0.25) is 5.21 Å². The van der Waals surface area contributed by atoms with Crippen LogP contribution in [0.5, 0.6) is 0 Å². The van der Waals surface area contributed by atoms with E-state index in [2.05, 4.69) is 144 Å². The molecule has 0 N–H and O–H groups in total. The van der Waals surface area contributed by atoms with Crippen LogP contribution >= 0.6 is 11.8 Å². The van der Waals surface area contributed by atoms with Crippen LogP contribution in [0.25, 0.3) is 11.1 Å². The van der Waals surface area contributed by atoms with Gasteiger partial charge in [-0.05, 0) is 31.9 Å². The van der Waals surface area contributed by atoms with E-state index in [9.17, 15) is 18.0 Å². The summed E-state index contributed by atoms with van der Waals surface area (Å²) in [6.07, 6.45) is -4.48. The molecule has 0 atom stereocenters. The van der Waals surface area contributed by atoms with Crippen molar-refractivity contribution in [3.63, 3.8) is 0 Å². The molecule has 0 radical (unpaired) electrons. The number of thioether (sulfide) groups is 1. The van der Waals surface area contributed by atoms with E-state index in [0.29, 0.717) is 52.2 Å². The highest BCUT2D eigenvalue weighted by atomic mass is 32.2. The summed E-state index contributed by atoms with van der Waals surface area (Å²) in [4.78, 5) is 39.9. The molecule has 1 aliphatic carbocycles. The molecule has 0 saturated heterocycles. The Morgan fingerprint density at radius 3 is 1.44 bits per heavy atom. The lowest BCUT2D eigenvalue weighted by molar-refractivity contribution is -0.136. The number of benzene rings is 3. The van der Waals surface area contributed by atoms with Gasteiger partial charge in [0, 0.05) is 36.5 Å². The standard InChI is InChI=1S/C36H62B24F4N4O2S/c1-30(49,50)68(31(2,51)52)4-3-66(5-7-14(37)16(39)9(17(40)15(7)38)10-18(41)22(45)12(35(62,63)64)23(46)19(10)42)8(69)6-67-27-13(32(53,54)36(59,60)33(27,55)56)28(70)65-29(67)71-34(57,58)11-20(43)24(47)26(61)25(48)21(11)44/h3-6,37-60H2,1-2H3. The van der Waals surface area contributed by atoms with E-state index in [1.54, 1.807) is 31.4 Å². The highest BCUT2D eigenvalue weighted by Gasteiger charge is 2.58. The summed E-state index contributed by atoms with van der Waals surface area (Å²) in [7, 11) is 48.4. The lowest BCUT2D eigenvalue weighted by atomic mass is 9.20. The molecular formula is C36H62B24F4N4O2S. The Bertz CT molecular complexity index is 2840. The predicted octanol–water partition coefficient (Wildman–Crippen LogP) is -26.2. The molecule has 0 bridgehead atoms. The smallest absolute Gasteiger partial charge is 0.336 e. The van der Waals surface area contributed by atoms with Crippen molar-refractivity contribution in [3.05, 3.63) is 44.1 Å². The molecule has 3 aromatic carbocycles. The summed E-state index contributed by atoms with van der Waals surface area (Å²) in [6, 6.07) is 0. The second-order valence-electron chi connectivity index (χ2n) is 25.1. The molecule has 0 saturated carbocycles. The topological polar surface area (TPSA) is 58.4 Å². The molecule has 1 amide bonds. The van der Waals surface area contributed by atoms with Crippen molar-refractivity contribution < 1.29 is 22.4 Å². The van der Waals surface area contributed by atoms with Gasteiger partial charge in [0.05, 0.1) is 15.7 Å². The van der Waals surface area contributed by atoms with E-state index in [-0.39, 0.29) is 45.4 Å². The van der Waals surface area contributed by atoms with Crippen molar-refractivity contribution in [1.29, 1.82) is 0 Å². The van der Waals surface area contributed by atoms with E-state index in [0.717, 1.165) is 60.7 Å². The quantitative estimate of drug-likeness (QED) is 0.0578. The largest absolute Gasteiger partial charge is 0.415 e. The highest BCUT2D eigenvalue weighted by molar-refractivity contribution is 8.02. The van der Waals surface area contributed by atoms with E-state index in [4.69, 9.17) is 4.98 Å². The molecule has 71 heavy (non-hydrogen) atoms. The van der Waals surface area contributed by atoms with Gasteiger partial charge in [-0.25, -0.2) is 4.39 Å². The van der Waals surface area contributed by atoms with Gasteiger partial charge >= 0.3 is 6.18 Å². The third kappa shape index (κ3) is 10.1. The van der Waals surface area contributed by atoms with E-state index < -0.39 is 31.9 Å². The molecule has 344 valence electrons. The van der Waals surface area contributed by atoms with Gasteiger partial charge in [-0.15, -0.1) is 0 Å². The Labute approximate surface area is 448 Å². The zero-order valence-corrected chi connectivity index (χ0v) is 49.2. The van der Waals surface area contributed by atoms with Crippen molar-refractivity contribution in [3.8, 4) is 11.1 Å². The van der Waals surface area contributed by atoms with Gasteiger partial charge in [0.25, 0.3) is 5.56 Å². The Kier molecular flexibility index (Phi) is 16.4. The van der Waals surface area contributed by atoms with Crippen LogP contribution in [0.1, 0.15) is 41.8 Å². The summed E-state index contributed by atoms with van der Waals surface area (Å²) in [5, 5.41) is -1.61. The molecule has 0 unspecified atom stereocenters. The maximum Gasteiger partial charge on any atom is 0.415 e. The molecular weight excluding hydrogens is 888 g/mol. The number of rotatable bonds is 13. The zero-order chi connectivity index (χ0) is 54.8.